The van der Waals surface area contributed by atoms with Crippen LogP contribution in [0.3, 0.4) is 0 Å². The van der Waals surface area contributed by atoms with Crippen LogP contribution in [0.1, 0.15) is 16.1 Å². The number of rotatable bonds is 4. The first-order valence-corrected chi connectivity index (χ1v) is 7.08. The molecule has 0 fully saturated rings. The lowest BCUT2D eigenvalue weighted by molar-refractivity contribution is 0.0696. The maximum Gasteiger partial charge on any atom is 0.337 e. The summed E-state index contributed by atoms with van der Waals surface area (Å²) in [7, 11) is -1.26. The predicted octanol–water partition coefficient (Wildman–Crippen LogP) is 2.74. The number of aromatic carboxylic acids is 1. The maximum absolute atomic E-state index is 12.1. The number of hydrogen-bond donors (Lipinski definition) is 1. The molecule has 0 spiro atoms. The monoisotopic (exact) mass is 295 g/mol. The van der Waals surface area contributed by atoms with Gasteiger partial charge in [-0.25, -0.2) is 4.79 Å². The largest absolute Gasteiger partial charge is 0.478 e. The highest BCUT2D eigenvalue weighted by Crippen LogP contribution is 2.16. The number of carbonyl (C=O) groups is 1. The minimum atomic E-state index is -1.26. The molecule has 19 heavy (non-hydrogen) atoms. The van der Waals surface area contributed by atoms with Gasteiger partial charge in [-0.1, -0.05) is 17.7 Å². The van der Waals surface area contributed by atoms with Crippen molar-refractivity contribution < 1.29 is 14.1 Å². The van der Waals surface area contributed by atoms with Crippen molar-refractivity contribution in [3.63, 3.8) is 0 Å². The molecule has 2 aromatic rings. The van der Waals surface area contributed by atoms with Gasteiger partial charge in [0.05, 0.1) is 27.8 Å². The zero-order valence-corrected chi connectivity index (χ0v) is 11.3. The van der Waals surface area contributed by atoms with E-state index in [-0.39, 0.29) is 11.3 Å². The molecule has 1 unspecified atom stereocenters. The van der Waals surface area contributed by atoms with Crippen molar-refractivity contribution in [2.24, 2.45) is 0 Å². The molecule has 1 aromatic carbocycles. The second kappa shape index (κ2) is 5.95. The minimum absolute atomic E-state index is 0.109. The fourth-order valence-electron chi connectivity index (χ4n) is 1.46. The van der Waals surface area contributed by atoms with Gasteiger partial charge >= 0.3 is 5.97 Å². The molecule has 0 aliphatic rings. The van der Waals surface area contributed by atoms with Crippen LogP contribution < -0.4 is 0 Å². The van der Waals surface area contributed by atoms with E-state index in [9.17, 15) is 9.00 Å². The van der Waals surface area contributed by atoms with Crippen molar-refractivity contribution >= 4 is 28.4 Å². The Morgan fingerprint density at radius 2 is 2.11 bits per heavy atom. The van der Waals surface area contributed by atoms with Crippen LogP contribution >= 0.6 is 11.6 Å². The standard InChI is InChI=1S/C13H10ClNO3S/c14-10-2-1-3-12(6-10)19(18)8-11-5-4-9(7-15-11)13(16)17/h1-7H,8H2,(H,16,17). The van der Waals surface area contributed by atoms with Crippen molar-refractivity contribution in [2.45, 2.75) is 10.6 Å². The summed E-state index contributed by atoms with van der Waals surface area (Å²) in [4.78, 5) is 15.3. The van der Waals surface area contributed by atoms with E-state index in [0.717, 1.165) is 0 Å². The minimum Gasteiger partial charge on any atom is -0.478 e. The van der Waals surface area contributed by atoms with Crippen molar-refractivity contribution in [3.8, 4) is 0 Å². The molecule has 0 saturated carbocycles. The van der Waals surface area contributed by atoms with Crippen LogP contribution in [0, 0.1) is 0 Å². The Kier molecular flexibility index (Phi) is 4.29. The van der Waals surface area contributed by atoms with Crippen LogP contribution in [0.2, 0.25) is 5.02 Å². The Morgan fingerprint density at radius 3 is 2.68 bits per heavy atom. The Labute approximate surface area is 117 Å². The van der Waals surface area contributed by atoms with E-state index in [1.165, 1.54) is 12.3 Å². The normalized spacial score (nSPS) is 12.1. The van der Waals surface area contributed by atoms with Crippen molar-refractivity contribution in [2.75, 3.05) is 0 Å². The van der Waals surface area contributed by atoms with Crippen LogP contribution in [-0.2, 0) is 16.6 Å². The van der Waals surface area contributed by atoms with Crippen molar-refractivity contribution in [1.82, 2.24) is 4.98 Å². The highest BCUT2D eigenvalue weighted by Gasteiger charge is 2.08. The summed E-state index contributed by atoms with van der Waals surface area (Å²) in [6.45, 7) is 0. The molecule has 0 bridgehead atoms. The lowest BCUT2D eigenvalue weighted by Gasteiger charge is -2.03. The number of nitrogens with zero attached hydrogens (tertiary/aromatic N) is 1. The van der Waals surface area contributed by atoms with Gasteiger partial charge in [0, 0.05) is 16.1 Å². The van der Waals surface area contributed by atoms with Gasteiger partial charge in [-0.2, -0.15) is 0 Å². The molecule has 6 heteroatoms. The third-order valence-corrected chi connectivity index (χ3v) is 3.98. The first kappa shape index (κ1) is 13.7. The Morgan fingerprint density at radius 1 is 1.32 bits per heavy atom. The van der Waals surface area contributed by atoms with Gasteiger partial charge in [-0.3, -0.25) is 9.19 Å². The quantitative estimate of drug-likeness (QED) is 0.942. The van der Waals surface area contributed by atoms with Crippen LogP contribution in [0.4, 0.5) is 0 Å². The van der Waals surface area contributed by atoms with Crippen LogP contribution in [0.25, 0.3) is 0 Å². The molecule has 4 nitrogen and oxygen atoms in total. The number of halogens is 1. The third kappa shape index (κ3) is 3.62. The smallest absolute Gasteiger partial charge is 0.337 e. The lowest BCUT2D eigenvalue weighted by Crippen LogP contribution is -2.02. The zero-order valence-electron chi connectivity index (χ0n) is 9.75. The molecule has 2 rings (SSSR count). The summed E-state index contributed by atoms with van der Waals surface area (Å²) >= 11 is 5.83. The van der Waals surface area contributed by atoms with E-state index in [0.29, 0.717) is 15.6 Å². The van der Waals surface area contributed by atoms with E-state index in [1.807, 2.05) is 0 Å². The fourth-order valence-corrected chi connectivity index (χ4v) is 2.81. The van der Waals surface area contributed by atoms with Gasteiger partial charge in [-0.05, 0) is 30.3 Å². The molecule has 1 heterocycles. The maximum atomic E-state index is 12.1. The summed E-state index contributed by atoms with van der Waals surface area (Å²) in [5, 5.41) is 9.28. The summed E-state index contributed by atoms with van der Waals surface area (Å²) in [5.74, 6) is -0.810. The van der Waals surface area contributed by atoms with E-state index < -0.39 is 16.8 Å². The molecule has 0 saturated heterocycles. The molecule has 0 aliphatic carbocycles. The van der Waals surface area contributed by atoms with Crippen molar-refractivity contribution in [3.05, 3.63) is 58.9 Å². The Bertz CT molecular complexity index is 628. The van der Waals surface area contributed by atoms with Gasteiger partial charge in [0.1, 0.15) is 0 Å². The average Bonchev–Trinajstić information content (AvgIpc) is 2.39. The second-order valence-corrected chi connectivity index (χ2v) is 5.68. The van der Waals surface area contributed by atoms with E-state index >= 15 is 0 Å². The number of pyridine rings is 1. The Balaban J connectivity index is 2.13. The molecule has 1 aromatic heterocycles. The van der Waals surface area contributed by atoms with Gasteiger partial charge in [0.15, 0.2) is 0 Å². The molecule has 0 radical (unpaired) electrons. The highest BCUT2D eigenvalue weighted by molar-refractivity contribution is 7.84. The lowest BCUT2D eigenvalue weighted by atomic mass is 10.2. The molecule has 0 amide bonds. The second-order valence-electron chi connectivity index (χ2n) is 3.79. The van der Waals surface area contributed by atoms with Crippen molar-refractivity contribution in [1.29, 1.82) is 0 Å². The summed E-state index contributed by atoms with van der Waals surface area (Å²) < 4.78 is 12.1. The first-order valence-electron chi connectivity index (χ1n) is 5.38. The van der Waals surface area contributed by atoms with Crippen LogP contribution in [-0.4, -0.2) is 20.3 Å². The average molecular weight is 296 g/mol. The van der Waals surface area contributed by atoms with Gasteiger partial charge < -0.3 is 5.11 Å². The van der Waals surface area contributed by atoms with Crippen LogP contribution in [0.5, 0.6) is 0 Å². The molecule has 0 aliphatic heterocycles. The molecular formula is C13H10ClNO3S. The number of benzene rings is 1. The molecule has 98 valence electrons. The SMILES string of the molecule is O=C(O)c1ccc(CS(=O)c2cccc(Cl)c2)nc1. The Hall–Kier alpha value is -1.72. The van der Waals surface area contributed by atoms with E-state index in [1.54, 1.807) is 30.3 Å². The number of carboxylic acid groups (broad SMARTS) is 1. The highest BCUT2D eigenvalue weighted by atomic mass is 35.5. The molecule has 1 atom stereocenters. The summed E-state index contributed by atoms with van der Waals surface area (Å²) in [5.41, 5.74) is 0.681. The number of carboxylic acids is 1. The number of hydrogen-bond acceptors (Lipinski definition) is 3. The number of aromatic nitrogens is 1. The van der Waals surface area contributed by atoms with Gasteiger partial charge in [0.25, 0.3) is 0 Å². The van der Waals surface area contributed by atoms with Gasteiger partial charge in [-0.15, -0.1) is 0 Å². The van der Waals surface area contributed by atoms with Gasteiger partial charge in [0.2, 0.25) is 0 Å². The topological polar surface area (TPSA) is 67.3 Å². The summed E-state index contributed by atoms with van der Waals surface area (Å²) in [6, 6.07) is 9.82. The first-order chi connectivity index (χ1) is 9.06. The predicted molar refractivity (Wildman–Crippen MR) is 72.8 cm³/mol. The van der Waals surface area contributed by atoms with Crippen LogP contribution in [0.15, 0.2) is 47.5 Å². The molecule has 1 N–H and O–H groups in total. The van der Waals surface area contributed by atoms with E-state index in [4.69, 9.17) is 16.7 Å². The fraction of sp³-hybridized carbons (Fsp3) is 0.0769. The molecular weight excluding hydrogens is 286 g/mol. The zero-order chi connectivity index (χ0) is 13.8. The summed E-state index contributed by atoms with van der Waals surface area (Å²) in [6.07, 6.45) is 1.26. The van der Waals surface area contributed by atoms with E-state index in [2.05, 4.69) is 4.98 Å². The third-order valence-electron chi connectivity index (χ3n) is 2.41.